The summed E-state index contributed by atoms with van der Waals surface area (Å²) >= 11 is 0. The molecule has 142 valence electrons. The third-order valence-corrected chi connectivity index (χ3v) is 3.47. The predicted octanol–water partition coefficient (Wildman–Crippen LogP) is 2.39. The van der Waals surface area contributed by atoms with Gasteiger partial charge in [0, 0.05) is 12.1 Å². The Bertz CT molecular complexity index is 831. The van der Waals surface area contributed by atoms with Crippen LogP contribution in [-0.4, -0.2) is 43.7 Å². The molecule has 0 saturated carbocycles. The lowest BCUT2D eigenvalue weighted by Crippen LogP contribution is -2.10. The summed E-state index contributed by atoms with van der Waals surface area (Å²) in [6.07, 6.45) is 3.08. The molecule has 0 aliphatic rings. The minimum Gasteiger partial charge on any atom is -0.493 e. The van der Waals surface area contributed by atoms with E-state index in [1.54, 1.807) is 48.5 Å². The maximum absolute atomic E-state index is 12.4. The molecule has 0 spiro atoms. The summed E-state index contributed by atoms with van der Waals surface area (Å²) < 4.78 is 15.8. The number of aliphatic carboxylic acids is 1. The smallest absolute Gasteiger partial charge is 0.341 e. The number of carboxylic acids is 1. The van der Waals surface area contributed by atoms with Crippen LogP contribution in [0.25, 0.3) is 6.08 Å². The molecule has 0 radical (unpaired) electrons. The van der Waals surface area contributed by atoms with Gasteiger partial charge in [-0.25, -0.2) is 4.79 Å². The third-order valence-electron chi connectivity index (χ3n) is 3.47. The second-order valence-electron chi connectivity index (χ2n) is 5.46. The van der Waals surface area contributed by atoms with Gasteiger partial charge in [-0.1, -0.05) is 24.3 Å². The van der Waals surface area contributed by atoms with Gasteiger partial charge in [-0.05, 0) is 35.9 Å². The Morgan fingerprint density at radius 2 is 1.93 bits per heavy atom. The standard InChI is InChI=1S/C20H21NO6/c1-25-19-11-14(6-8-18(19)27-13-20(23)24)5-7-17(22)15-3-2-4-16(12-15)26-10-9-21/h2-8,11-12H,9-10,13,21H2,1H3,(H,23,24)/b7-5+. The molecule has 3 N–H and O–H groups in total. The first-order valence-corrected chi connectivity index (χ1v) is 8.21. The van der Waals surface area contributed by atoms with Gasteiger partial charge in [-0.3, -0.25) is 4.79 Å². The van der Waals surface area contributed by atoms with Crippen LogP contribution in [0, 0.1) is 0 Å². The fraction of sp³-hybridized carbons (Fsp3) is 0.200. The second-order valence-corrected chi connectivity index (χ2v) is 5.46. The molecule has 0 unspecified atom stereocenters. The van der Waals surface area contributed by atoms with Crippen LogP contribution in [0.3, 0.4) is 0 Å². The number of carboxylic acid groups (broad SMARTS) is 1. The van der Waals surface area contributed by atoms with Gasteiger partial charge in [0.05, 0.1) is 7.11 Å². The summed E-state index contributed by atoms with van der Waals surface area (Å²) in [6.45, 7) is 0.308. The van der Waals surface area contributed by atoms with Gasteiger partial charge in [-0.2, -0.15) is 0 Å². The van der Waals surface area contributed by atoms with Gasteiger partial charge in [0.15, 0.2) is 23.9 Å². The zero-order valence-corrected chi connectivity index (χ0v) is 14.9. The first-order chi connectivity index (χ1) is 13.0. The third kappa shape index (κ3) is 6.16. The summed E-state index contributed by atoms with van der Waals surface area (Å²) in [7, 11) is 1.45. The van der Waals surface area contributed by atoms with Gasteiger partial charge < -0.3 is 25.1 Å². The molecule has 0 heterocycles. The maximum Gasteiger partial charge on any atom is 0.341 e. The highest BCUT2D eigenvalue weighted by Gasteiger charge is 2.08. The molecular weight excluding hydrogens is 350 g/mol. The van der Waals surface area contributed by atoms with Crippen molar-refractivity contribution in [2.24, 2.45) is 5.73 Å². The van der Waals surface area contributed by atoms with Crippen LogP contribution >= 0.6 is 0 Å². The van der Waals surface area contributed by atoms with E-state index in [1.807, 2.05) is 0 Å². The monoisotopic (exact) mass is 371 g/mol. The topological polar surface area (TPSA) is 108 Å². The fourth-order valence-electron chi connectivity index (χ4n) is 2.23. The van der Waals surface area contributed by atoms with Gasteiger partial charge in [0.1, 0.15) is 12.4 Å². The molecule has 0 saturated heterocycles. The van der Waals surface area contributed by atoms with Crippen molar-refractivity contribution in [2.75, 3.05) is 26.9 Å². The SMILES string of the molecule is COc1cc(/C=C/C(=O)c2cccc(OCCN)c2)ccc1OCC(=O)O. The van der Waals surface area contributed by atoms with Crippen molar-refractivity contribution in [3.05, 3.63) is 59.7 Å². The molecule has 0 atom stereocenters. The molecule has 2 rings (SSSR count). The summed E-state index contributed by atoms with van der Waals surface area (Å²) in [5, 5.41) is 8.68. The number of allylic oxidation sites excluding steroid dienone is 1. The number of benzene rings is 2. The number of rotatable bonds is 10. The Balaban J connectivity index is 2.10. The molecule has 27 heavy (non-hydrogen) atoms. The van der Waals surface area contributed by atoms with Crippen molar-refractivity contribution < 1.29 is 28.9 Å². The lowest BCUT2D eigenvalue weighted by molar-refractivity contribution is -0.139. The van der Waals surface area contributed by atoms with E-state index in [9.17, 15) is 9.59 Å². The fourth-order valence-corrected chi connectivity index (χ4v) is 2.23. The Kier molecular flexibility index (Phi) is 7.39. The molecule has 0 aliphatic carbocycles. The molecule has 7 nitrogen and oxygen atoms in total. The molecule has 2 aromatic rings. The minimum absolute atomic E-state index is 0.182. The maximum atomic E-state index is 12.4. The van der Waals surface area contributed by atoms with E-state index in [0.29, 0.717) is 41.5 Å². The Labute approximate surface area is 157 Å². The number of hydrogen-bond acceptors (Lipinski definition) is 6. The molecule has 0 aromatic heterocycles. The first kappa shape index (κ1) is 20.0. The highest BCUT2D eigenvalue weighted by Crippen LogP contribution is 2.28. The van der Waals surface area contributed by atoms with Crippen LogP contribution in [0.1, 0.15) is 15.9 Å². The summed E-state index contributed by atoms with van der Waals surface area (Å²) in [5.74, 6) is 0.0140. The minimum atomic E-state index is -1.08. The van der Waals surface area contributed by atoms with Gasteiger partial charge >= 0.3 is 5.97 Å². The number of methoxy groups -OCH3 is 1. The summed E-state index contributed by atoms with van der Waals surface area (Å²) in [5.41, 5.74) is 6.60. The van der Waals surface area contributed by atoms with E-state index in [1.165, 1.54) is 13.2 Å². The second kappa shape index (κ2) is 9.98. The van der Waals surface area contributed by atoms with Crippen LogP contribution in [0.5, 0.6) is 17.2 Å². The number of carbonyl (C=O) groups is 2. The van der Waals surface area contributed by atoms with Crippen molar-refractivity contribution in [3.8, 4) is 17.2 Å². The molecule has 0 amide bonds. The van der Waals surface area contributed by atoms with E-state index >= 15 is 0 Å². The van der Waals surface area contributed by atoms with E-state index < -0.39 is 12.6 Å². The Hall–Kier alpha value is -3.32. The molecule has 0 bridgehead atoms. The lowest BCUT2D eigenvalue weighted by Gasteiger charge is -2.09. The van der Waals surface area contributed by atoms with Crippen molar-refractivity contribution in [1.82, 2.24) is 0 Å². The van der Waals surface area contributed by atoms with Gasteiger partial charge in [0.25, 0.3) is 0 Å². The molecule has 2 aromatic carbocycles. The van der Waals surface area contributed by atoms with Gasteiger partial charge in [0.2, 0.25) is 0 Å². The quantitative estimate of drug-likeness (QED) is 0.488. The zero-order valence-electron chi connectivity index (χ0n) is 14.9. The highest BCUT2D eigenvalue weighted by atomic mass is 16.5. The molecular formula is C20H21NO6. The molecule has 7 heteroatoms. The van der Waals surface area contributed by atoms with E-state index in [4.69, 9.17) is 25.1 Å². The van der Waals surface area contributed by atoms with Crippen LogP contribution < -0.4 is 19.9 Å². The number of ether oxygens (including phenoxy) is 3. The molecule has 0 aliphatic heterocycles. The number of nitrogens with two attached hydrogens (primary N) is 1. The van der Waals surface area contributed by atoms with Gasteiger partial charge in [-0.15, -0.1) is 0 Å². The van der Waals surface area contributed by atoms with Crippen molar-refractivity contribution >= 4 is 17.8 Å². The summed E-state index contributed by atoms with van der Waals surface area (Å²) in [6, 6.07) is 11.8. The largest absolute Gasteiger partial charge is 0.493 e. The molecule has 0 fully saturated rings. The normalized spacial score (nSPS) is 10.6. The average Bonchev–Trinajstić information content (AvgIpc) is 2.69. The number of hydrogen-bond donors (Lipinski definition) is 2. The summed E-state index contributed by atoms with van der Waals surface area (Å²) in [4.78, 5) is 23.0. The Morgan fingerprint density at radius 3 is 2.63 bits per heavy atom. The number of ketones is 1. The van der Waals surface area contributed by atoms with Crippen LogP contribution in [0.4, 0.5) is 0 Å². The lowest BCUT2D eigenvalue weighted by atomic mass is 10.1. The zero-order chi connectivity index (χ0) is 19.6. The van der Waals surface area contributed by atoms with E-state index in [0.717, 1.165) is 0 Å². The van der Waals surface area contributed by atoms with Crippen molar-refractivity contribution in [1.29, 1.82) is 0 Å². The van der Waals surface area contributed by atoms with E-state index in [2.05, 4.69) is 0 Å². The van der Waals surface area contributed by atoms with Crippen LogP contribution in [0.2, 0.25) is 0 Å². The number of carbonyl (C=O) groups excluding carboxylic acids is 1. The van der Waals surface area contributed by atoms with Crippen molar-refractivity contribution in [3.63, 3.8) is 0 Å². The van der Waals surface area contributed by atoms with E-state index in [-0.39, 0.29) is 5.78 Å². The first-order valence-electron chi connectivity index (χ1n) is 8.21. The predicted molar refractivity (Wildman–Crippen MR) is 100 cm³/mol. The highest BCUT2D eigenvalue weighted by molar-refractivity contribution is 6.07. The average molecular weight is 371 g/mol. The Morgan fingerprint density at radius 1 is 1.11 bits per heavy atom. The van der Waals surface area contributed by atoms with Crippen molar-refractivity contribution in [2.45, 2.75) is 0 Å². The van der Waals surface area contributed by atoms with Crippen LogP contribution in [-0.2, 0) is 4.79 Å². The van der Waals surface area contributed by atoms with Crippen LogP contribution in [0.15, 0.2) is 48.5 Å².